The SMILES string of the molecule is Cc1ccc(OCC2CCN2)cc1C(=O)NC1(c2cccc3cc(C4CC4(NC(=O)c4cc(OC[C@@H]5CCN5C)ccc4C)c4cccc5ccccc45)ccc23)CC1. The summed E-state index contributed by atoms with van der Waals surface area (Å²) in [5, 5.41) is 15.0. The Morgan fingerprint density at radius 2 is 1.36 bits per heavy atom. The fraction of sp³-hybridized carbons (Fsp3) is 0.333. The van der Waals surface area contributed by atoms with Crippen molar-refractivity contribution in [1.82, 2.24) is 20.9 Å². The second-order valence-corrected chi connectivity index (χ2v) is 17.5. The highest BCUT2D eigenvalue weighted by atomic mass is 16.5. The van der Waals surface area contributed by atoms with Crippen LogP contribution in [0.15, 0.2) is 115 Å². The first-order valence-corrected chi connectivity index (χ1v) is 21.3. The highest BCUT2D eigenvalue weighted by molar-refractivity contribution is 5.99. The minimum absolute atomic E-state index is 0.0614. The van der Waals surface area contributed by atoms with Crippen molar-refractivity contribution in [2.75, 3.05) is 33.4 Å². The van der Waals surface area contributed by atoms with E-state index in [1.807, 2.05) is 50.2 Å². The van der Waals surface area contributed by atoms with Gasteiger partial charge in [0.2, 0.25) is 0 Å². The first-order valence-electron chi connectivity index (χ1n) is 21.3. The molecular formula is C51H52N4O4. The molecule has 6 aromatic rings. The van der Waals surface area contributed by atoms with Gasteiger partial charge in [0.05, 0.1) is 11.1 Å². The Morgan fingerprint density at radius 3 is 2.02 bits per heavy atom. The third kappa shape index (κ3) is 7.02. The predicted molar refractivity (Wildman–Crippen MR) is 234 cm³/mol. The molecule has 8 nitrogen and oxygen atoms in total. The maximum absolute atomic E-state index is 14.5. The molecule has 3 unspecified atom stereocenters. The molecule has 4 aliphatic rings. The molecular weight excluding hydrogens is 733 g/mol. The summed E-state index contributed by atoms with van der Waals surface area (Å²) in [7, 11) is 2.12. The summed E-state index contributed by atoms with van der Waals surface area (Å²) in [6, 6.07) is 40.5. The zero-order valence-electron chi connectivity index (χ0n) is 34.1. The number of carbonyl (C=O) groups excluding carboxylic acids is 2. The van der Waals surface area contributed by atoms with E-state index in [0.29, 0.717) is 36.4 Å². The molecule has 4 fully saturated rings. The van der Waals surface area contributed by atoms with E-state index in [9.17, 15) is 9.59 Å². The number of hydrogen-bond acceptors (Lipinski definition) is 6. The Bertz CT molecular complexity index is 2610. The van der Waals surface area contributed by atoms with Gasteiger partial charge in [0.1, 0.15) is 24.7 Å². The van der Waals surface area contributed by atoms with E-state index in [1.165, 1.54) is 5.56 Å². The number of benzene rings is 6. The second-order valence-electron chi connectivity index (χ2n) is 17.5. The Labute approximate surface area is 346 Å². The highest BCUT2D eigenvalue weighted by Crippen LogP contribution is 2.60. The van der Waals surface area contributed by atoms with Crippen molar-refractivity contribution < 1.29 is 19.1 Å². The zero-order valence-corrected chi connectivity index (χ0v) is 34.1. The van der Waals surface area contributed by atoms with Gasteiger partial charge in [-0.15, -0.1) is 0 Å². The lowest BCUT2D eigenvalue weighted by Gasteiger charge is -2.37. The van der Waals surface area contributed by atoms with Gasteiger partial charge in [-0.1, -0.05) is 91.0 Å². The standard InChI is InChI=1S/C51H52N4O4/c1-32-14-17-39(58-30-37-20-24-52-37)27-43(32)48(56)53-50(22-23-50)45-12-7-10-35-26-36(16-19-42(35)45)47-29-51(47,46-13-6-9-34-8-4-5-11-41(34)46)54-49(57)44-28-40(18-15-33(44)2)59-31-38-21-25-55(38)3/h4-19,26-28,37-38,47,52H,20-25,29-31H2,1-3H3,(H,53,56)(H,54,57)/t37?,38-,47?,51?/m0/s1. The number of aryl methyl sites for hydroxylation is 2. The van der Waals surface area contributed by atoms with Crippen molar-refractivity contribution in [2.45, 2.75) is 75.0 Å². The molecule has 0 spiro atoms. The molecule has 0 aromatic heterocycles. The van der Waals surface area contributed by atoms with Crippen molar-refractivity contribution in [2.24, 2.45) is 0 Å². The molecule has 4 atom stereocenters. The smallest absolute Gasteiger partial charge is 0.252 e. The largest absolute Gasteiger partial charge is 0.492 e. The molecule has 2 saturated carbocycles. The molecule has 2 aliphatic heterocycles. The zero-order chi connectivity index (χ0) is 40.3. The number of likely N-dealkylation sites (tertiary alicyclic amines) is 1. The van der Waals surface area contributed by atoms with Gasteiger partial charge < -0.3 is 25.4 Å². The van der Waals surface area contributed by atoms with Gasteiger partial charge in [-0.2, -0.15) is 0 Å². The Hall–Kier alpha value is -5.70. The van der Waals surface area contributed by atoms with Gasteiger partial charge in [-0.25, -0.2) is 0 Å². The normalized spacial score (nSPS) is 22.9. The average molecular weight is 785 g/mol. The minimum Gasteiger partial charge on any atom is -0.492 e. The van der Waals surface area contributed by atoms with Crippen LogP contribution in [0.1, 0.15) is 86.6 Å². The van der Waals surface area contributed by atoms with Crippen molar-refractivity contribution in [3.8, 4) is 11.5 Å². The summed E-state index contributed by atoms with van der Waals surface area (Å²) >= 11 is 0. The van der Waals surface area contributed by atoms with E-state index in [2.05, 4.69) is 107 Å². The number of hydrogen-bond donors (Lipinski definition) is 3. The number of nitrogens with one attached hydrogen (secondary N) is 3. The van der Waals surface area contributed by atoms with Crippen LogP contribution in [0.3, 0.4) is 0 Å². The Morgan fingerprint density at radius 1 is 0.712 bits per heavy atom. The third-order valence-corrected chi connectivity index (χ3v) is 13.7. The number of nitrogens with zero attached hydrogens (tertiary/aromatic N) is 1. The topological polar surface area (TPSA) is 91.9 Å². The van der Waals surface area contributed by atoms with Crippen LogP contribution in [0.5, 0.6) is 11.5 Å². The molecule has 3 N–H and O–H groups in total. The van der Waals surface area contributed by atoms with E-state index >= 15 is 0 Å². The summed E-state index contributed by atoms with van der Waals surface area (Å²) < 4.78 is 12.3. The summed E-state index contributed by atoms with van der Waals surface area (Å²) in [5.74, 6) is 1.33. The molecule has 2 saturated heterocycles. The van der Waals surface area contributed by atoms with Crippen molar-refractivity contribution >= 4 is 33.4 Å². The fourth-order valence-corrected chi connectivity index (χ4v) is 9.39. The van der Waals surface area contributed by atoms with E-state index < -0.39 is 11.1 Å². The first-order chi connectivity index (χ1) is 28.7. The molecule has 2 heterocycles. The number of rotatable bonds is 13. The molecule has 6 aromatic carbocycles. The number of ether oxygens (including phenoxy) is 2. The predicted octanol–water partition coefficient (Wildman–Crippen LogP) is 8.67. The number of amides is 2. The number of fused-ring (bicyclic) bond motifs is 2. The summed E-state index contributed by atoms with van der Waals surface area (Å²) in [6.45, 7) is 7.31. The fourth-order valence-electron chi connectivity index (χ4n) is 9.39. The van der Waals surface area contributed by atoms with Crippen molar-refractivity contribution in [1.29, 1.82) is 0 Å². The maximum atomic E-state index is 14.5. The third-order valence-electron chi connectivity index (χ3n) is 13.7. The lowest BCUT2D eigenvalue weighted by Crippen LogP contribution is -2.48. The lowest BCUT2D eigenvalue weighted by atomic mass is 9.91. The van der Waals surface area contributed by atoms with Crippen LogP contribution in [0, 0.1) is 13.8 Å². The van der Waals surface area contributed by atoms with Gasteiger partial charge in [0.15, 0.2) is 0 Å². The Kier molecular flexibility index (Phi) is 9.45. The van der Waals surface area contributed by atoms with Crippen LogP contribution in [0.25, 0.3) is 21.5 Å². The van der Waals surface area contributed by atoms with E-state index in [4.69, 9.17) is 9.47 Å². The monoisotopic (exact) mass is 784 g/mol. The van der Waals surface area contributed by atoms with Crippen molar-refractivity contribution in [3.63, 3.8) is 0 Å². The lowest BCUT2D eigenvalue weighted by molar-refractivity contribution is 0.0767. The van der Waals surface area contributed by atoms with E-state index in [0.717, 1.165) is 100 Å². The molecule has 59 heavy (non-hydrogen) atoms. The van der Waals surface area contributed by atoms with Crippen LogP contribution < -0.4 is 25.4 Å². The van der Waals surface area contributed by atoms with Gasteiger partial charge in [0, 0.05) is 29.1 Å². The highest BCUT2D eigenvalue weighted by Gasteiger charge is 2.58. The molecule has 300 valence electrons. The van der Waals surface area contributed by atoms with Crippen LogP contribution >= 0.6 is 0 Å². The number of carbonyl (C=O) groups is 2. The average Bonchev–Trinajstić information content (AvgIpc) is 4.16. The summed E-state index contributed by atoms with van der Waals surface area (Å²) in [4.78, 5) is 30.7. The van der Waals surface area contributed by atoms with Crippen LogP contribution in [0.4, 0.5) is 0 Å². The molecule has 2 aliphatic carbocycles. The van der Waals surface area contributed by atoms with Gasteiger partial charge >= 0.3 is 0 Å². The van der Waals surface area contributed by atoms with Gasteiger partial charge in [-0.3, -0.25) is 14.5 Å². The van der Waals surface area contributed by atoms with Crippen LogP contribution in [-0.2, 0) is 11.1 Å². The second kappa shape index (κ2) is 14.8. The van der Waals surface area contributed by atoms with Gasteiger partial charge in [-0.05, 0) is 140 Å². The maximum Gasteiger partial charge on any atom is 0.252 e. The molecule has 0 radical (unpaired) electrons. The Balaban J connectivity index is 0.933. The molecule has 8 heteroatoms. The quantitative estimate of drug-likeness (QED) is 0.109. The number of likely N-dealkylation sites (N-methyl/N-ethyl adjacent to an activating group) is 1. The minimum atomic E-state index is -0.600. The molecule has 2 amide bonds. The molecule has 0 bridgehead atoms. The van der Waals surface area contributed by atoms with Crippen LogP contribution in [0.2, 0.25) is 0 Å². The van der Waals surface area contributed by atoms with Crippen molar-refractivity contribution in [3.05, 3.63) is 154 Å². The first kappa shape index (κ1) is 37.6. The van der Waals surface area contributed by atoms with Crippen LogP contribution in [-0.4, -0.2) is 62.1 Å². The summed E-state index contributed by atoms with van der Waals surface area (Å²) in [5.41, 5.74) is 5.54. The summed E-state index contributed by atoms with van der Waals surface area (Å²) in [6.07, 6.45) is 4.77. The van der Waals surface area contributed by atoms with E-state index in [1.54, 1.807) is 0 Å². The van der Waals surface area contributed by atoms with E-state index in [-0.39, 0.29) is 17.7 Å². The van der Waals surface area contributed by atoms with Gasteiger partial charge in [0.25, 0.3) is 11.8 Å². The molecule has 10 rings (SSSR count).